The van der Waals surface area contributed by atoms with Gasteiger partial charge in [0.25, 0.3) is 5.91 Å². The molecular formula is C24H25N9OS. The predicted octanol–water partition coefficient (Wildman–Crippen LogP) is 3.17. The highest BCUT2D eigenvalue weighted by Crippen LogP contribution is 2.34. The summed E-state index contributed by atoms with van der Waals surface area (Å²) in [5.41, 5.74) is 10.3. The third-order valence-electron chi connectivity index (χ3n) is 5.99. The van der Waals surface area contributed by atoms with E-state index >= 15 is 0 Å². The zero-order valence-corrected chi connectivity index (χ0v) is 20.3. The van der Waals surface area contributed by atoms with Crippen LogP contribution in [0.2, 0.25) is 0 Å². The molecule has 11 heteroatoms. The monoisotopic (exact) mass is 487 g/mol. The molecule has 1 saturated heterocycles. The van der Waals surface area contributed by atoms with E-state index in [4.69, 9.17) is 11.0 Å². The summed E-state index contributed by atoms with van der Waals surface area (Å²) in [5.74, 6) is -0.118. The molecule has 4 aromatic rings. The zero-order chi connectivity index (χ0) is 24.5. The third kappa shape index (κ3) is 4.34. The molecule has 0 saturated carbocycles. The molecule has 35 heavy (non-hydrogen) atoms. The number of rotatable bonds is 6. The van der Waals surface area contributed by atoms with Gasteiger partial charge in [0.2, 0.25) is 5.01 Å². The number of nitrogens with two attached hydrogens (primary N) is 1. The second-order valence-electron chi connectivity index (χ2n) is 8.77. The largest absolute Gasteiger partial charge is 0.382 e. The Morgan fingerprint density at radius 2 is 2.17 bits per heavy atom. The highest BCUT2D eigenvalue weighted by molar-refractivity contribution is 7.16. The molecule has 0 spiro atoms. The fourth-order valence-electron chi connectivity index (χ4n) is 4.34. The van der Waals surface area contributed by atoms with Crippen LogP contribution in [0.3, 0.4) is 0 Å². The maximum absolute atomic E-state index is 13.0. The Balaban J connectivity index is 1.50. The molecule has 1 amide bonds. The molecule has 5 heterocycles. The number of anilines is 1. The van der Waals surface area contributed by atoms with E-state index in [0.29, 0.717) is 28.7 Å². The molecule has 1 unspecified atom stereocenters. The number of pyridine rings is 1. The summed E-state index contributed by atoms with van der Waals surface area (Å²) in [5, 5.41) is 26.5. The molecule has 3 N–H and O–H groups in total. The Morgan fingerprint density at radius 3 is 2.94 bits per heavy atom. The van der Waals surface area contributed by atoms with Crippen molar-refractivity contribution >= 4 is 28.4 Å². The van der Waals surface area contributed by atoms with Gasteiger partial charge in [-0.05, 0) is 51.0 Å². The standard InChI is InChI=1S/C24H25N9OS/c1-14(2)29-19-9-20(21-6-5-16-8-15(10-25)12-28-33(16)21)27-13-18(19)22-30-31-23(35-22)24(34)32-7-3-4-17(32)11-26/h5-6,8-9,12-14,17H,3-4,7,11,26H2,1-2H3,(H,27,29). The second kappa shape index (κ2) is 9.40. The molecule has 0 bridgehead atoms. The van der Waals surface area contributed by atoms with Gasteiger partial charge in [-0.25, -0.2) is 4.52 Å². The van der Waals surface area contributed by atoms with Gasteiger partial charge >= 0.3 is 0 Å². The summed E-state index contributed by atoms with van der Waals surface area (Å²) in [4.78, 5) is 19.5. The number of nitrogens with zero attached hydrogens (tertiary/aromatic N) is 7. The molecule has 0 aliphatic carbocycles. The number of fused-ring (bicyclic) bond motifs is 1. The van der Waals surface area contributed by atoms with E-state index in [2.05, 4.69) is 45.5 Å². The lowest BCUT2D eigenvalue weighted by atomic mass is 10.1. The summed E-state index contributed by atoms with van der Waals surface area (Å²) in [6.45, 7) is 5.25. The number of nitriles is 1. The minimum atomic E-state index is -0.118. The topological polar surface area (TPSA) is 138 Å². The average molecular weight is 488 g/mol. The van der Waals surface area contributed by atoms with E-state index in [9.17, 15) is 4.79 Å². The van der Waals surface area contributed by atoms with Crippen molar-refractivity contribution < 1.29 is 4.79 Å². The summed E-state index contributed by atoms with van der Waals surface area (Å²) in [6.07, 6.45) is 5.15. The number of amides is 1. The number of carbonyl (C=O) groups excluding carboxylic acids is 1. The van der Waals surface area contributed by atoms with E-state index in [1.54, 1.807) is 21.7 Å². The van der Waals surface area contributed by atoms with Crippen LogP contribution < -0.4 is 11.1 Å². The summed E-state index contributed by atoms with van der Waals surface area (Å²) in [6, 6.07) is 9.90. The molecule has 0 radical (unpaired) electrons. The maximum atomic E-state index is 13.0. The maximum Gasteiger partial charge on any atom is 0.285 e. The van der Waals surface area contributed by atoms with E-state index in [1.165, 1.54) is 17.5 Å². The first kappa shape index (κ1) is 22.9. The number of aromatic nitrogens is 5. The van der Waals surface area contributed by atoms with Gasteiger partial charge in [-0.3, -0.25) is 9.78 Å². The van der Waals surface area contributed by atoms with Crippen LogP contribution in [0.5, 0.6) is 0 Å². The lowest BCUT2D eigenvalue weighted by Gasteiger charge is -2.21. The van der Waals surface area contributed by atoms with Crippen molar-refractivity contribution in [3.8, 4) is 28.0 Å². The number of likely N-dealkylation sites (tertiary alicyclic amines) is 1. The third-order valence-corrected chi connectivity index (χ3v) is 6.93. The minimum absolute atomic E-state index is 0.0590. The number of nitrogens with one attached hydrogen (secondary N) is 1. The van der Waals surface area contributed by atoms with Crippen LogP contribution in [0.25, 0.3) is 27.5 Å². The van der Waals surface area contributed by atoms with Crippen LogP contribution in [0.1, 0.15) is 42.1 Å². The van der Waals surface area contributed by atoms with Gasteiger partial charge < -0.3 is 16.0 Å². The van der Waals surface area contributed by atoms with Crippen LogP contribution in [0, 0.1) is 11.3 Å². The highest BCUT2D eigenvalue weighted by atomic mass is 32.1. The van der Waals surface area contributed by atoms with Gasteiger partial charge in [0, 0.05) is 37.1 Å². The van der Waals surface area contributed by atoms with Gasteiger partial charge in [-0.1, -0.05) is 11.3 Å². The summed E-state index contributed by atoms with van der Waals surface area (Å²) >= 11 is 1.26. The molecule has 1 aliphatic rings. The summed E-state index contributed by atoms with van der Waals surface area (Å²) < 4.78 is 1.76. The molecular weight excluding hydrogens is 462 g/mol. The fourth-order valence-corrected chi connectivity index (χ4v) is 5.16. The van der Waals surface area contributed by atoms with Crippen molar-refractivity contribution in [2.45, 2.75) is 38.8 Å². The molecule has 5 rings (SSSR count). The van der Waals surface area contributed by atoms with E-state index in [0.717, 1.165) is 41.0 Å². The van der Waals surface area contributed by atoms with Crippen LogP contribution in [-0.4, -0.2) is 60.8 Å². The van der Waals surface area contributed by atoms with Crippen molar-refractivity contribution in [1.29, 1.82) is 5.26 Å². The lowest BCUT2D eigenvalue weighted by Crippen LogP contribution is -2.39. The van der Waals surface area contributed by atoms with Crippen molar-refractivity contribution in [2.75, 3.05) is 18.4 Å². The first-order valence-corrected chi connectivity index (χ1v) is 12.3. The first-order valence-electron chi connectivity index (χ1n) is 11.5. The van der Waals surface area contributed by atoms with E-state index in [-0.39, 0.29) is 18.0 Å². The van der Waals surface area contributed by atoms with E-state index in [1.807, 2.05) is 18.2 Å². The van der Waals surface area contributed by atoms with Crippen LogP contribution >= 0.6 is 11.3 Å². The average Bonchev–Trinajstić information content (AvgIpc) is 3.62. The SMILES string of the molecule is CC(C)Nc1cc(-c2ccc3cc(C#N)cnn23)ncc1-c1nnc(C(=O)N2CCCC2CN)s1. The molecule has 10 nitrogen and oxygen atoms in total. The van der Waals surface area contributed by atoms with Crippen LogP contribution in [0.15, 0.2) is 36.7 Å². The van der Waals surface area contributed by atoms with Crippen LogP contribution in [-0.2, 0) is 0 Å². The van der Waals surface area contributed by atoms with Crippen molar-refractivity contribution in [3.63, 3.8) is 0 Å². The molecule has 4 aromatic heterocycles. The smallest absolute Gasteiger partial charge is 0.285 e. The Labute approximate surface area is 206 Å². The predicted molar refractivity (Wildman–Crippen MR) is 134 cm³/mol. The van der Waals surface area contributed by atoms with Gasteiger partial charge in [-0.15, -0.1) is 10.2 Å². The molecule has 178 valence electrons. The Kier molecular flexibility index (Phi) is 6.15. The van der Waals surface area contributed by atoms with Gasteiger partial charge in [-0.2, -0.15) is 10.4 Å². The van der Waals surface area contributed by atoms with Crippen molar-refractivity contribution in [2.24, 2.45) is 5.73 Å². The first-order chi connectivity index (χ1) is 17.0. The fraction of sp³-hybridized carbons (Fsp3) is 0.333. The van der Waals surface area contributed by atoms with Crippen molar-refractivity contribution in [3.05, 3.63) is 47.2 Å². The number of hydrogen-bond donors (Lipinski definition) is 2. The highest BCUT2D eigenvalue weighted by Gasteiger charge is 2.30. The number of hydrogen-bond acceptors (Lipinski definition) is 9. The molecule has 1 atom stereocenters. The van der Waals surface area contributed by atoms with Crippen LogP contribution in [0.4, 0.5) is 5.69 Å². The number of carbonyl (C=O) groups is 1. The molecule has 0 aromatic carbocycles. The Morgan fingerprint density at radius 1 is 1.31 bits per heavy atom. The Bertz CT molecular complexity index is 1430. The minimum Gasteiger partial charge on any atom is -0.382 e. The normalized spacial score (nSPS) is 15.6. The van der Waals surface area contributed by atoms with Crippen molar-refractivity contribution in [1.82, 2.24) is 29.7 Å². The quantitative estimate of drug-likeness (QED) is 0.423. The van der Waals surface area contributed by atoms with Gasteiger partial charge in [0.05, 0.1) is 34.2 Å². The van der Waals surface area contributed by atoms with E-state index < -0.39 is 0 Å². The summed E-state index contributed by atoms with van der Waals surface area (Å²) in [7, 11) is 0. The zero-order valence-electron chi connectivity index (χ0n) is 19.5. The molecule has 1 fully saturated rings. The van der Waals surface area contributed by atoms with Gasteiger partial charge in [0.15, 0.2) is 5.01 Å². The lowest BCUT2D eigenvalue weighted by molar-refractivity contribution is 0.0740. The Hall–Kier alpha value is -3.88. The molecule has 1 aliphatic heterocycles. The van der Waals surface area contributed by atoms with Gasteiger partial charge in [0.1, 0.15) is 6.07 Å². The second-order valence-corrected chi connectivity index (χ2v) is 9.75.